The maximum Gasteiger partial charge on any atom is 0.245 e. The molecule has 1 fully saturated rings. The van der Waals surface area contributed by atoms with Gasteiger partial charge in [0.2, 0.25) is 5.88 Å². The maximum absolute atomic E-state index is 9.67. The molecule has 2 atom stereocenters. The van der Waals surface area contributed by atoms with Gasteiger partial charge in [0.15, 0.2) is 0 Å². The maximum atomic E-state index is 9.67. The van der Waals surface area contributed by atoms with Gasteiger partial charge in [-0.1, -0.05) is 0 Å². The zero-order chi connectivity index (χ0) is 11.4. The van der Waals surface area contributed by atoms with Crippen molar-refractivity contribution in [2.45, 2.75) is 31.9 Å². The van der Waals surface area contributed by atoms with Crippen molar-refractivity contribution in [1.29, 1.82) is 0 Å². The number of nitrogens with zero attached hydrogens (tertiary/aromatic N) is 2. The number of hydrogen-bond donors (Lipinski definition) is 2. The molecule has 16 heavy (non-hydrogen) atoms. The Bertz CT molecular complexity index is 303. The van der Waals surface area contributed by atoms with Crippen molar-refractivity contribution in [1.82, 2.24) is 14.1 Å². The molecule has 6 heteroatoms. The zero-order valence-electron chi connectivity index (χ0n) is 9.30. The fourth-order valence-corrected chi connectivity index (χ4v) is 1.91. The average molecular weight is 243 g/mol. The molecule has 0 spiro atoms. The standard InChI is InChI=1S/C10H17N3O2S/c1-7(8-2-3-8)11-4-9(14)6-15-10-5-12-16-13-10/h5,7-9,11,14H,2-4,6H2,1H3. The molecular formula is C10H17N3O2S. The third-order valence-electron chi connectivity index (χ3n) is 2.77. The largest absolute Gasteiger partial charge is 0.473 e. The lowest BCUT2D eigenvalue weighted by molar-refractivity contribution is 0.101. The Balaban J connectivity index is 1.58. The predicted octanol–water partition coefficient (Wildman–Crippen LogP) is 0.666. The van der Waals surface area contributed by atoms with Crippen LogP contribution in [0.2, 0.25) is 0 Å². The Hall–Kier alpha value is -0.720. The van der Waals surface area contributed by atoms with E-state index in [2.05, 4.69) is 21.0 Å². The van der Waals surface area contributed by atoms with Gasteiger partial charge in [0, 0.05) is 12.6 Å². The summed E-state index contributed by atoms with van der Waals surface area (Å²) in [5.41, 5.74) is 0. The van der Waals surface area contributed by atoms with Crippen LogP contribution in [0.4, 0.5) is 0 Å². The highest BCUT2D eigenvalue weighted by Gasteiger charge is 2.27. The molecule has 90 valence electrons. The average Bonchev–Trinajstić information content (AvgIpc) is 3.01. The Morgan fingerprint density at radius 1 is 1.69 bits per heavy atom. The molecule has 0 aromatic carbocycles. The van der Waals surface area contributed by atoms with E-state index in [1.54, 1.807) is 6.20 Å². The second-order valence-corrected chi connectivity index (χ2v) is 4.80. The zero-order valence-corrected chi connectivity index (χ0v) is 10.1. The van der Waals surface area contributed by atoms with E-state index >= 15 is 0 Å². The Labute approximate surface area is 99.2 Å². The Kier molecular flexibility index (Phi) is 4.09. The van der Waals surface area contributed by atoms with Crippen LogP contribution in [0.15, 0.2) is 6.20 Å². The molecule has 1 heterocycles. The van der Waals surface area contributed by atoms with E-state index in [1.165, 1.54) is 12.8 Å². The minimum Gasteiger partial charge on any atom is -0.473 e. The molecule has 1 aromatic rings. The van der Waals surface area contributed by atoms with Crippen LogP contribution >= 0.6 is 11.7 Å². The number of aromatic nitrogens is 2. The first-order valence-electron chi connectivity index (χ1n) is 5.57. The summed E-state index contributed by atoms with van der Waals surface area (Å²) in [4.78, 5) is 0. The van der Waals surface area contributed by atoms with Crippen LogP contribution in [-0.2, 0) is 0 Å². The van der Waals surface area contributed by atoms with Crippen molar-refractivity contribution in [3.63, 3.8) is 0 Å². The molecule has 0 aliphatic heterocycles. The molecule has 0 radical (unpaired) electrons. The van der Waals surface area contributed by atoms with E-state index in [0.717, 1.165) is 17.6 Å². The number of nitrogens with one attached hydrogen (secondary N) is 1. The summed E-state index contributed by atoms with van der Waals surface area (Å²) in [7, 11) is 0. The molecule has 1 saturated carbocycles. The quantitative estimate of drug-likeness (QED) is 0.736. The van der Waals surface area contributed by atoms with Gasteiger partial charge in [0.1, 0.15) is 18.9 Å². The van der Waals surface area contributed by atoms with E-state index in [0.29, 0.717) is 18.5 Å². The van der Waals surface area contributed by atoms with Gasteiger partial charge in [-0.3, -0.25) is 0 Å². The number of hydrogen-bond acceptors (Lipinski definition) is 6. The van der Waals surface area contributed by atoms with Crippen LogP contribution in [0.1, 0.15) is 19.8 Å². The van der Waals surface area contributed by atoms with Crippen LogP contribution in [0.3, 0.4) is 0 Å². The van der Waals surface area contributed by atoms with Crippen molar-refractivity contribution < 1.29 is 9.84 Å². The summed E-state index contributed by atoms with van der Waals surface area (Å²) >= 11 is 1.10. The highest BCUT2D eigenvalue weighted by molar-refractivity contribution is 6.99. The van der Waals surface area contributed by atoms with Gasteiger partial charge < -0.3 is 15.2 Å². The molecule has 2 N–H and O–H groups in total. The lowest BCUT2D eigenvalue weighted by Gasteiger charge is -2.16. The summed E-state index contributed by atoms with van der Waals surface area (Å²) in [6.45, 7) is 2.99. The van der Waals surface area contributed by atoms with E-state index in [4.69, 9.17) is 4.74 Å². The molecule has 1 aliphatic rings. The molecule has 2 rings (SSSR count). The van der Waals surface area contributed by atoms with Gasteiger partial charge in [-0.05, 0) is 25.7 Å². The van der Waals surface area contributed by atoms with Crippen LogP contribution in [0.25, 0.3) is 0 Å². The lowest BCUT2D eigenvalue weighted by Crippen LogP contribution is -2.37. The minimum absolute atomic E-state index is 0.260. The number of aliphatic hydroxyl groups is 1. The van der Waals surface area contributed by atoms with E-state index in [-0.39, 0.29) is 6.61 Å². The third-order valence-corrected chi connectivity index (χ3v) is 3.23. The lowest BCUT2D eigenvalue weighted by atomic mass is 10.2. The van der Waals surface area contributed by atoms with Crippen LogP contribution in [-0.4, -0.2) is 39.2 Å². The van der Waals surface area contributed by atoms with Gasteiger partial charge in [-0.2, -0.15) is 4.37 Å². The molecule has 5 nitrogen and oxygen atoms in total. The monoisotopic (exact) mass is 243 g/mol. The summed E-state index contributed by atoms with van der Waals surface area (Å²) in [5, 5.41) is 13.0. The van der Waals surface area contributed by atoms with Crippen molar-refractivity contribution in [3.8, 4) is 5.88 Å². The van der Waals surface area contributed by atoms with E-state index < -0.39 is 6.10 Å². The first-order valence-corrected chi connectivity index (χ1v) is 6.30. The van der Waals surface area contributed by atoms with Crippen molar-refractivity contribution >= 4 is 11.7 Å². The highest BCUT2D eigenvalue weighted by atomic mass is 32.1. The number of rotatable bonds is 7. The molecular weight excluding hydrogens is 226 g/mol. The van der Waals surface area contributed by atoms with E-state index in [1.807, 2.05) is 0 Å². The second kappa shape index (κ2) is 5.56. The molecule has 0 bridgehead atoms. The van der Waals surface area contributed by atoms with Gasteiger partial charge in [-0.25, -0.2) is 0 Å². The summed E-state index contributed by atoms with van der Waals surface area (Å²) < 4.78 is 13.0. The Morgan fingerprint density at radius 2 is 2.50 bits per heavy atom. The van der Waals surface area contributed by atoms with Crippen molar-refractivity contribution in [2.75, 3.05) is 13.2 Å². The van der Waals surface area contributed by atoms with Gasteiger partial charge >= 0.3 is 0 Å². The van der Waals surface area contributed by atoms with E-state index in [9.17, 15) is 5.11 Å². The SMILES string of the molecule is CC(NCC(O)COc1cnsn1)C1CC1. The molecule has 2 unspecified atom stereocenters. The number of ether oxygens (including phenoxy) is 1. The van der Waals surface area contributed by atoms with Crippen LogP contribution in [0.5, 0.6) is 5.88 Å². The summed E-state index contributed by atoms with van der Waals surface area (Å²) in [6, 6.07) is 0.496. The molecule has 1 aromatic heterocycles. The highest BCUT2D eigenvalue weighted by Crippen LogP contribution is 2.32. The first-order chi connectivity index (χ1) is 7.75. The molecule has 1 aliphatic carbocycles. The van der Waals surface area contributed by atoms with Crippen molar-refractivity contribution in [3.05, 3.63) is 6.20 Å². The van der Waals surface area contributed by atoms with Gasteiger partial charge in [0.25, 0.3) is 0 Å². The first kappa shape index (κ1) is 11.8. The van der Waals surface area contributed by atoms with Crippen LogP contribution in [0, 0.1) is 5.92 Å². The summed E-state index contributed by atoms with van der Waals surface area (Å²) in [6.07, 6.45) is 3.68. The summed E-state index contributed by atoms with van der Waals surface area (Å²) in [5.74, 6) is 1.29. The molecule has 0 amide bonds. The number of aliphatic hydroxyl groups excluding tert-OH is 1. The Morgan fingerprint density at radius 3 is 3.12 bits per heavy atom. The van der Waals surface area contributed by atoms with Crippen molar-refractivity contribution in [2.24, 2.45) is 5.92 Å². The van der Waals surface area contributed by atoms with Gasteiger partial charge in [0.05, 0.1) is 11.7 Å². The van der Waals surface area contributed by atoms with Crippen LogP contribution < -0.4 is 10.1 Å². The fraction of sp³-hybridized carbons (Fsp3) is 0.800. The fourth-order valence-electron chi connectivity index (χ4n) is 1.54. The second-order valence-electron chi connectivity index (χ2n) is 4.24. The normalized spacial score (nSPS) is 19.4. The smallest absolute Gasteiger partial charge is 0.245 e. The minimum atomic E-state index is -0.497. The molecule has 0 saturated heterocycles. The third kappa shape index (κ3) is 3.70. The predicted molar refractivity (Wildman–Crippen MR) is 61.6 cm³/mol. The topological polar surface area (TPSA) is 67.3 Å². The van der Waals surface area contributed by atoms with Gasteiger partial charge in [-0.15, -0.1) is 4.37 Å².